The molecule has 0 amide bonds. The van der Waals surface area contributed by atoms with Crippen molar-refractivity contribution >= 4 is 51.3 Å². The third-order valence-electron chi connectivity index (χ3n) is 7.85. The second-order valence-corrected chi connectivity index (χ2v) is 10.3. The summed E-state index contributed by atoms with van der Waals surface area (Å²) >= 11 is 0. The number of aryl methyl sites for hydroxylation is 1. The minimum Gasteiger partial charge on any atom is -0.477 e. The molecule has 1 aliphatic rings. The van der Waals surface area contributed by atoms with Crippen LogP contribution in [0, 0.1) is 0 Å². The third kappa shape index (κ3) is 4.03. The summed E-state index contributed by atoms with van der Waals surface area (Å²) in [5.41, 5.74) is 9.72. The van der Waals surface area contributed by atoms with Gasteiger partial charge in [-0.25, -0.2) is 9.36 Å². The summed E-state index contributed by atoms with van der Waals surface area (Å²) in [5.74, 6) is -0.921. The molecule has 194 valence electrons. The summed E-state index contributed by atoms with van der Waals surface area (Å²) in [4.78, 5) is 13.6. The molecule has 0 saturated carbocycles. The number of hydrogen-bond donors (Lipinski definition) is 1. The third-order valence-corrected chi connectivity index (χ3v) is 7.85. The maximum absolute atomic E-state index is 11.2. The van der Waals surface area contributed by atoms with E-state index in [1.54, 1.807) is 12.3 Å². The molecule has 3 heterocycles. The molecular weight excluding hydrogens is 494 g/mol. The van der Waals surface area contributed by atoms with Crippen molar-refractivity contribution in [2.24, 2.45) is 7.05 Å². The fourth-order valence-corrected chi connectivity index (χ4v) is 5.88. The number of aromatic carboxylic acids is 1. The Bertz CT molecular complexity index is 1950. The van der Waals surface area contributed by atoms with Crippen LogP contribution in [0.3, 0.4) is 0 Å². The van der Waals surface area contributed by atoms with Crippen molar-refractivity contribution in [1.82, 2.24) is 4.57 Å². The maximum atomic E-state index is 11.2. The molecule has 4 aromatic carbocycles. The Balaban J connectivity index is 1.22. The van der Waals surface area contributed by atoms with Gasteiger partial charge >= 0.3 is 5.97 Å². The van der Waals surface area contributed by atoms with Crippen LogP contribution in [0.2, 0.25) is 0 Å². The van der Waals surface area contributed by atoms with Crippen molar-refractivity contribution < 1.29 is 14.5 Å². The maximum Gasteiger partial charge on any atom is 0.341 e. The van der Waals surface area contributed by atoms with Crippen LogP contribution in [0.25, 0.3) is 39.6 Å². The first-order valence-corrected chi connectivity index (χ1v) is 13.5. The Hall–Kier alpha value is -5.16. The monoisotopic (exact) mass is 522 g/mol. The molecule has 40 heavy (non-hydrogen) atoms. The predicted octanol–water partition coefficient (Wildman–Crippen LogP) is 7.17. The standard InChI is InChI=1S/C35H27N3O2/c1-36-23-26(35(39)40)13-15-27(36)14-11-24-12-17-32-25(21-24)19-20-37(32)29-16-18-34-31(22-29)30-9-5-6-10-33(30)38(34)28-7-3-2-4-8-28/h2-18,21-23H,19-20H2,1H3/p+1. The summed E-state index contributed by atoms with van der Waals surface area (Å²) < 4.78 is 4.18. The van der Waals surface area contributed by atoms with E-state index in [0.29, 0.717) is 0 Å². The van der Waals surface area contributed by atoms with Crippen LogP contribution >= 0.6 is 0 Å². The van der Waals surface area contributed by atoms with E-state index in [4.69, 9.17) is 0 Å². The Morgan fingerprint density at radius 1 is 0.800 bits per heavy atom. The lowest BCUT2D eigenvalue weighted by Crippen LogP contribution is -2.32. The first-order valence-electron chi connectivity index (χ1n) is 13.5. The van der Waals surface area contributed by atoms with Crippen LogP contribution in [0.15, 0.2) is 109 Å². The minimum absolute atomic E-state index is 0.278. The van der Waals surface area contributed by atoms with E-state index in [1.807, 2.05) is 23.8 Å². The highest BCUT2D eigenvalue weighted by atomic mass is 16.4. The smallest absolute Gasteiger partial charge is 0.341 e. The minimum atomic E-state index is -0.921. The van der Waals surface area contributed by atoms with Crippen molar-refractivity contribution in [2.45, 2.75) is 6.42 Å². The molecule has 0 unspecified atom stereocenters. The Morgan fingerprint density at radius 2 is 1.60 bits per heavy atom. The predicted molar refractivity (Wildman–Crippen MR) is 161 cm³/mol. The van der Waals surface area contributed by atoms with Gasteiger partial charge in [-0.1, -0.05) is 42.5 Å². The van der Waals surface area contributed by atoms with Gasteiger partial charge in [-0.3, -0.25) is 0 Å². The molecule has 0 spiro atoms. The van der Waals surface area contributed by atoms with Gasteiger partial charge in [0, 0.05) is 46.5 Å². The first-order chi connectivity index (χ1) is 19.6. The summed E-state index contributed by atoms with van der Waals surface area (Å²) in [6.45, 7) is 0.941. The van der Waals surface area contributed by atoms with Crippen LogP contribution in [-0.2, 0) is 13.5 Å². The van der Waals surface area contributed by atoms with Gasteiger partial charge < -0.3 is 14.6 Å². The van der Waals surface area contributed by atoms with Gasteiger partial charge in [-0.05, 0) is 78.2 Å². The van der Waals surface area contributed by atoms with Gasteiger partial charge in [-0.2, -0.15) is 0 Å². The molecule has 1 aliphatic heterocycles. The Kier molecular flexibility index (Phi) is 5.71. The zero-order chi connectivity index (χ0) is 27.2. The number of pyridine rings is 1. The SMILES string of the molecule is C[n+]1cc(C(=O)O)ccc1C=Cc1ccc2c(c1)CCN2c1ccc2c(c1)c1ccccc1n2-c1ccccc1. The van der Waals surface area contributed by atoms with Crippen LogP contribution in [-0.4, -0.2) is 22.2 Å². The van der Waals surface area contributed by atoms with Gasteiger partial charge in [0.2, 0.25) is 5.69 Å². The molecule has 2 aromatic heterocycles. The molecule has 5 heteroatoms. The molecule has 5 nitrogen and oxygen atoms in total. The van der Waals surface area contributed by atoms with Gasteiger partial charge in [0.25, 0.3) is 0 Å². The number of nitrogens with zero attached hydrogens (tertiary/aromatic N) is 3. The molecule has 0 bridgehead atoms. The molecule has 6 aromatic rings. The van der Waals surface area contributed by atoms with Crippen molar-refractivity contribution in [3.8, 4) is 5.69 Å². The number of carboxylic acid groups (broad SMARTS) is 1. The Labute approximate surface area is 232 Å². The largest absolute Gasteiger partial charge is 0.477 e. The Morgan fingerprint density at radius 3 is 2.42 bits per heavy atom. The molecule has 1 N–H and O–H groups in total. The number of aromatic nitrogens is 2. The fourth-order valence-electron chi connectivity index (χ4n) is 5.88. The van der Waals surface area contributed by atoms with Crippen molar-refractivity contribution in [2.75, 3.05) is 11.4 Å². The number of hydrogen-bond acceptors (Lipinski definition) is 2. The number of rotatable bonds is 5. The van der Waals surface area contributed by atoms with E-state index in [9.17, 15) is 9.90 Å². The number of carboxylic acids is 1. The molecule has 0 radical (unpaired) electrons. The van der Waals surface area contributed by atoms with Gasteiger partial charge in [0.05, 0.1) is 11.0 Å². The summed E-state index contributed by atoms with van der Waals surface area (Å²) in [6, 6.07) is 36.1. The number of fused-ring (bicyclic) bond motifs is 4. The van der Waals surface area contributed by atoms with E-state index in [2.05, 4.69) is 107 Å². The number of para-hydroxylation sites is 2. The number of anilines is 2. The van der Waals surface area contributed by atoms with Gasteiger partial charge in [0.1, 0.15) is 12.6 Å². The van der Waals surface area contributed by atoms with Crippen LogP contribution in [0.4, 0.5) is 11.4 Å². The van der Waals surface area contributed by atoms with E-state index in [-0.39, 0.29) is 5.56 Å². The van der Waals surface area contributed by atoms with E-state index < -0.39 is 5.97 Å². The number of benzene rings is 4. The van der Waals surface area contributed by atoms with E-state index in [1.165, 1.54) is 44.4 Å². The highest BCUT2D eigenvalue weighted by molar-refractivity contribution is 6.10. The average Bonchev–Trinajstić information content (AvgIpc) is 3.55. The lowest BCUT2D eigenvalue weighted by molar-refractivity contribution is -0.673. The van der Waals surface area contributed by atoms with Crippen LogP contribution in [0.5, 0.6) is 0 Å². The molecule has 0 saturated heterocycles. The lowest BCUT2D eigenvalue weighted by Gasteiger charge is -2.20. The first kappa shape index (κ1) is 23.9. The highest BCUT2D eigenvalue weighted by Gasteiger charge is 2.22. The van der Waals surface area contributed by atoms with Gasteiger partial charge in [0.15, 0.2) is 6.20 Å². The fraction of sp³-hybridized carbons (Fsp3) is 0.0857. The van der Waals surface area contributed by atoms with Crippen molar-refractivity contribution in [3.05, 3.63) is 132 Å². The topological polar surface area (TPSA) is 49.4 Å². The zero-order valence-corrected chi connectivity index (χ0v) is 22.2. The van der Waals surface area contributed by atoms with Gasteiger partial charge in [-0.15, -0.1) is 0 Å². The van der Waals surface area contributed by atoms with Crippen molar-refractivity contribution in [3.63, 3.8) is 0 Å². The zero-order valence-electron chi connectivity index (χ0n) is 22.2. The van der Waals surface area contributed by atoms with Crippen molar-refractivity contribution in [1.29, 1.82) is 0 Å². The molecule has 0 fully saturated rings. The molecule has 0 atom stereocenters. The quantitative estimate of drug-likeness (QED) is 0.244. The summed E-state index contributed by atoms with van der Waals surface area (Å²) in [5, 5.41) is 11.7. The second kappa shape index (κ2) is 9.54. The highest BCUT2D eigenvalue weighted by Crippen LogP contribution is 2.39. The van der Waals surface area contributed by atoms with E-state index >= 15 is 0 Å². The normalized spacial score (nSPS) is 13.0. The number of carbonyl (C=O) groups is 1. The molecule has 7 rings (SSSR count). The summed E-state index contributed by atoms with van der Waals surface area (Å²) in [7, 11) is 1.86. The average molecular weight is 523 g/mol. The summed E-state index contributed by atoms with van der Waals surface area (Å²) in [6.07, 6.45) is 6.73. The molecule has 0 aliphatic carbocycles. The van der Waals surface area contributed by atoms with E-state index in [0.717, 1.165) is 24.2 Å². The van der Waals surface area contributed by atoms with Crippen LogP contribution < -0.4 is 9.47 Å². The lowest BCUT2D eigenvalue weighted by atomic mass is 10.1. The second-order valence-electron chi connectivity index (χ2n) is 10.3. The molecular formula is C35H28N3O2+. The van der Waals surface area contributed by atoms with Crippen LogP contribution in [0.1, 0.15) is 27.2 Å².